The van der Waals surface area contributed by atoms with Crippen LogP contribution in [0.2, 0.25) is 0 Å². The van der Waals surface area contributed by atoms with Crippen molar-refractivity contribution < 1.29 is 0 Å². The van der Waals surface area contributed by atoms with Gasteiger partial charge in [-0.1, -0.05) is 30.4 Å². The van der Waals surface area contributed by atoms with Crippen LogP contribution < -0.4 is 5.32 Å². The van der Waals surface area contributed by atoms with E-state index in [0.29, 0.717) is 0 Å². The zero-order valence-electron chi connectivity index (χ0n) is 7.72. The van der Waals surface area contributed by atoms with Gasteiger partial charge in [0.25, 0.3) is 0 Å². The minimum absolute atomic E-state index is 0.995. The smallest absolute Gasteiger partial charge is 0.0410 e. The average Bonchev–Trinajstić information content (AvgIpc) is 2.26. The second-order valence-corrected chi connectivity index (χ2v) is 2.86. The quantitative estimate of drug-likeness (QED) is 0.656. The monoisotopic (exact) mass is 161 g/mol. The Hall–Kier alpha value is -1.24. The van der Waals surface area contributed by atoms with Crippen LogP contribution in [0.15, 0.2) is 47.7 Å². The lowest BCUT2D eigenvalue weighted by molar-refractivity contribution is 1.01. The molecule has 0 aliphatic heterocycles. The third-order valence-corrected chi connectivity index (χ3v) is 1.95. The molecule has 1 aliphatic carbocycles. The Kier molecular flexibility index (Phi) is 2.92. The molecule has 1 N–H and O–H groups in total. The summed E-state index contributed by atoms with van der Waals surface area (Å²) in [5, 5.41) is 3.16. The van der Waals surface area contributed by atoms with Crippen molar-refractivity contribution in [3.8, 4) is 0 Å². The summed E-state index contributed by atoms with van der Waals surface area (Å²) in [4.78, 5) is 0. The molecule has 12 heavy (non-hydrogen) atoms. The number of rotatable bonds is 2. The van der Waals surface area contributed by atoms with Crippen LogP contribution in [-0.2, 0) is 0 Å². The average molecular weight is 161 g/mol. The minimum Gasteiger partial charge on any atom is -0.388 e. The number of allylic oxidation sites excluding steroid dienone is 5. The maximum Gasteiger partial charge on any atom is 0.0410 e. The maximum absolute atomic E-state index is 3.78. The van der Waals surface area contributed by atoms with E-state index in [0.717, 1.165) is 12.1 Å². The highest BCUT2D eigenvalue weighted by Gasteiger charge is 2.01. The van der Waals surface area contributed by atoms with Gasteiger partial charge in [0.1, 0.15) is 0 Å². The molecular weight excluding hydrogens is 146 g/mol. The van der Waals surface area contributed by atoms with Gasteiger partial charge in [0.15, 0.2) is 0 Å². The van der Waals surface area contributed by atoms with Gasteiger partial charge >= 0.3 is 0 Å². The van der Waals surface area contributed by atoms with Gasteiger partial charge in [0, 0.05) is 12.7 Å². The van der Waals surface area contributed by atoms with E-state index in [1.54, 1.807) is 0 Å². The van der Waals surface area contributed by atoms with Crippen molar-refractivity contribution in [2.24, 2.45) is 0 Å². The molecule has 64 valence electrons. The molecule has 0 amide bonds. The fourth-order valence-electron chi connectivity index (χ4n) is 1.26. The molecule has 0 saturated heterocycles. The highest BCUT2D eigenvalue weighted by atomic mass is 14.8. The van der Waals surface area contributed by atoms with Crippen molar-refractivity contribution in [3.63, 3.8) is 0 Å². The molecule has 0 radical (unpaired) electrons. The van der Waals surface area contributed by atoms with Crippen LogP contribution in [0.25, 0.3) is 0 Å². The zero-order chi connectivity index (χ0) is 8.97. The Morgan fingerprint density at radius 3 is 2.83 bits per heavy atom. The topological polar surface area (TPSA) is 12.0 Å². The molecule has 0 aromatic carbocycles. The van der Waals surface area contributed by atoms with E-state index < -0.39 is 0 Å². The molecular formula is C11H15N. The molecule has 0 aromatic rings. The predicted molar refractivity (Wildman–Crippen MR) is 53.8 cm³/mol. The van der Waals surface area contributed by atoms with Gasteiger partial charge in [-0.05, 0) is 25.0 Å². The molecule has 0 unspecified atom stereocenters. The zero-order valence-corrected chi connectivity index (χ0v) is 7.72. The SMILES string of the molecule is C=CC1=CCC=C(C)C=C1NC. The van der Waals surface area contributed by atoms with Crippen LogP contribution in [0.1, 0.15) is 13.3 Å². The largest absolute Gasteiger partial charge is 0.388 e. The summed E-state index contributed by atoms with van der Waals surface area (Å²) in [6.07, 6.45) is 9.39. The van der Waals surface area contributed by atoms with Crippen LogP contribution in [0, 0.1) is 0 Å². The van der Waals surface area contributed by atoms with Crippen molar-refractivity contribution in [3.05, 3.63) is 47.7 Å². The van der Waals surface area contributed by atoms with Crippen LogP contribution in [0.3, 0.4) is 0 Å². The molecule has 1 aliphatic rings. The predicted octanol–water partition coefficient (Wildman–Crippen LogP) is 2.55. The Labute approximate surface area is 74.2 Å². The molecule has 1 heteroatoms. The van der Waals surface area contributed by atoms with Crippen molar-refractivity contribution >= 4 is 0 Å². The first kappa shape index (κ1) is 8.85. The first-order chi connectivity index (χ1) is 5.77. The lowest BCUT2D eigenvalue weighted by atomic mass is 10.1. The van der Waals surface area contributed by atoms with Crippen LogP contribution in [-0.4, -0.2) is 7.05 Å². The molecule has 1 rings (SSSR count). The first-order valence-electron chi connectivity index (χ1n) is 4.17. The van der Waals surface area contributed by atoms with Crippen molar-refractivity contribution in [1.82, 2.24) is 5.32 Å². The number of nitrogens with one attached hydrogen (secondary N) is 1. The number of likely N-dealkylation sites (N-methyl/N-ethyl adjacent to an activating group) is 1. The number of hydrogen-bond donors (Lipinski definition) is 1. The summed E-state index contributed by atoms with van der Waals surface area (Å²) >= 11 is 0. The molecule has 0 heterocycles. The Morgan fingerprint density at radius 1 is 1.50 bits per heavy atom. The van der Waals surface area contributed by atoms with Gasteiger partial charge in [0.05, 0.1) is 0 Å². The Morgan fingerprint density at radius 2 is 2.25 bits per heavy atom. The van der Waals surface area contributed by atoms with Gasteiger partial charge in [-0.25, -0.2) is 0 Å². The molecule has 1 nitrogen and oxygen atoms in total. The van der Waals surface area contributed by atoms with E-state index in [4.69, 9.17) is 0 Å². The second kappa shape index (κ2) is 3.96. The second-order valence-electron chi connectivity index (χ2n) is 2.86. The molecule has 0 fully saturated rings. The summed E-state index contributed by atoms with van der Waals surface area (Å²) in [5.41, 5.74) is 3.63. The van der Waals surface area contributed by atoms with Crippen LogP contribution in [0.5, 0.6) is 0 Å². The van der Waals surface area contributed by atoms with Crippen molar-refractivity contribution in [2.75, 3.05) is 7.05 Å². The number of hydrogen-bond acceptors (Lipinski definition) is 1. The molecule has 0 spiro atoms. The first-order valence-corrected chi connectivity index (χ1v) is 4.17. The van der Waals surface area contributed by atoms with Crippen LogP contribution in [0.4, 0.5) is 0 Å². The molecule has 0 bridgehead atoms. The van der Waals surface area contributed by atoms with Crippen molar-refractivity contribution in [2.45, 2.75) is 13.3 Å². The molecule has 0 atom stereocenters. The van der Waals surface area contributed by atoms with Gasteiger partial charge in [0.2, 0.25) is 0 Å². The van der Waals surface area contributed by atoms with E-state index in [2.05, 4.69) is 37.0 Å². The minimum atomic E-state index is 0.995. The van der Waals surface area contributed by atoms with Gasteiger partial charge in [-0.2, -0.15) is 0 Å². The molecule has 0 aromatic heterocycles. The summed E-state index contributed by atoms with van der Waals surface area (Å²) in [6, 6.07) is 0. The van der Waals surface area contributed by atoms with Gasteiger partial charge in [-0.15, -0.1) is 0 Å². The third-order valence-electron chi connectivity index (χ3n) is 1.95. The Balaban J connectivity index is 2.99. The summed E-state index contributed by atoms with van der Waals surface area (Å²) in [6.45, 7) is 5.89. The maximum atomic E-state index is 3.78. The fraction of sp³-hybridized carbons (Fsp3) is 0.273. The van der Waals surface area contributed by atoms with Crippen molar-refractivity contribution in [1.29, 1.82) is 0 Å². The standard InChI is InChI=1S/C11H15N/c1-4-10-7-5-6-9(2)8-11(10)12-3/h4,6-8,12H,1,5H2,2-3H3. The van der Waals surface area contributed by atoms with Crippen LogP contribution >= 0.6 is 0 Å². The lowest BCUT2D eigenvalue weighted by Crippen LogP contribution is -2.06. The summed E-state index contributed by atoms with van der Waals surface area (Å²) in [5.74, 6) is 0. The van der Waals surface area contributed by atoms with E-state index in [1.165, 1.54) is 11.1 Å². The normalized spacial score (nSPS) is 17.0. The van der Waals surface area contributed by atoms with E-state index in [9.17, 15) is 0 Å². The lowest BCUT2D eigenvalue weighted by Gasteiger charge is -2.05. The third kappa shape index (κ3) is 1.88. The fourth-order valence-corrected chi connectivity index (χ4v) is 1.26. The van der Waals surface area contributed by atoms with Gasteiger partial charge in [-0.3, -0.25) is 0 Å². The Bertz CT molecular complexity index is 267. The van der Waals surface area contributed by atoms with E-state index in [1.807, 2.05) is 13.1 Å². The highest BCUT2D eigenvalue weighted by molar-refractivity contribution is 5.43. The van der Waals surface area contributed by atoms with Gasteiger partial charge < -0.3 is 5.32 Å². The highest BCUT2D eigenvalue weighted by Crippen LogP contribution is 2.16. The molecule has 0 saturated carbocycles. The van der Waals surface area contributed by atoms with E-state index >= 15 is 0 Å². The van der Waals surface area contributed by atoms with E-state index in [-0.39, 0.29) is 0 Å². The summed E-state index contributed by atoms with van der Waals surface area (Å²) in [7, 11) is 1.93. The summed E-state index contributed by atoms with van der Waals surface area (Å²) < 4.78 is 0.